The van der Waals surface area contributed by atoms with Crippen LogP contribution in [-0.2, 0) is 19.4 Å². The Labute approximate surface area is 152 Å². The third-order valence-corrected chi connectivity index (χ3v) is 10.8. The van der Waals surface area contributed by atoms with Crippen LogP contribution in [0, 0.1) is 0 Å². The topological polar surface area (TPSA) is 60.4 Å². The zero-order valence-corrected chi connectivity index (χ0v) is 16.6. The highest BCUT2D eigenvalue weighted by molar-refractivity contribution is 7.96. The molecule has 0 heterocycles. The summed E-state index contributed by atoms with van der Waals surface area (Å²) in [5.74, 6) is -1.18. The van der Waals surface area contributed by atoms with Crippen molar-refractivity contribution in [3.8, 4) is 0 Å². The number of carbonyl (C=O) groups is 1. The van der Waals surface area contributed by atoms with Crippen LogP contribution < -0.4 is 5.19 Å². The Morgan fingerprint density at radius 2 is 1.77 bits per heavy atom. The van der Waals surface area contributed by atoms with Crippen molar-refractivity contribution in [2.45, 2.75) is 50.3 Å². The molecule has 4 nitrogen and oxygen atoms in total. The Bertz CT molecular complexity index is 814. The van der Waals surface area contributed by atoms with Crippen molar-refractivity contribution >= 4 is 29.1 Å². The number of rotatable bonds is 4. The fourth-order valence-electron chi connectivity index (χ4n) is 3.41. The molecule has 0 aromatic heterocycles. The summed E-state index contributed by atoms with van der Waals surface area (Å²) < 4.78 is 69.6. The van der Waals surface area contributed by atoms with Crippen LogP contribution in [0.4, 0.5) is 13.2 Å². The van der Waals surface area contributed by atoms with Crippen LogP contribution in [0.1, 0.15) is 26.2 Å². The number of sulfone groups is 1. The Kier molecular flexibility index (Phi) is 5.72. The molecule has 9 heteroatoms. The quantitative estimate of drug-likeness (QED) is 0.563. The third kappa shape index (κ3) is 3.88. The average molecular weight is 406 g/mol. The summed E-state index contributed by atoms with van der Waals surface area (Å²) in [7, 11) is -8.25. The maximum Gasteiger partial charge on any atom is 0.501 e. The molecule has 0 fully saturated rings. The minimum atomic E-state index is -5.60. The molecule has 0 bridgehead atoms. The lowest BCUT2D eigenvalue weighted by Crippen LogP contribution is -2.49. The minimum Gasteiger partial charge on any atom is -0.430 e. The van der Waals surface area contributed by atoms with Crippen molar-refractivity contribution in [1.82, 2.24) is 0 Å². The molecule has 1 aromatic carbocycles. The van der Waals surface area contributed by atoms with Gasteiger partial charge in [0.15, 0.2) is 0 Å². The van der Waals surface area contributed by atoms with Crippen LogP contribution in [0.25, 0.3) is 0 Å². The monoisotopic (exact) mass is 406 g/mol. The number of ether oxygens (including phenoxy) is 1. The molecule has 0 N–H and O–H groups in total. The van der Waals surface area contributed by atoms with Crippen LogP contribution in [-0.4, -0.2) is 28.0 Å². The summed E-state index contributed by atoms with van der Waals surface area (Å²) >= 11 is 0. The van der Waals surface area contributed by atoms with Crippen LogP contribution >= 0.6 is 0 Å². The van der Waals surface area contributed by atoms with E-state index in [4.69, 9.17) is 4.74 Å². The lowest BCUT2D eigenvalue weighted by Gasteiger charge is -2.38. The second kappa shape index (κ2) is 7.19. The molecule has 2 rings (SSSR count). The molecule has 0 amide bonds. The van der Waals surface area contributed by atoms with Crippen molar-refractivity contribution in [2.24, 2.45) is 0 Å². The van der Waals surface area contributed by atoms with Gasteiger partial charge in [-0.1, -0.05) is 48.6 Å². The maximum atomic E-state index is 13.3. The first-order chi connectivity index (χ1) is 11.9. The molecule has 1 aliphatic carbocycles. The Hall–Kier alpha value is -1.61. The van der Waals surface area contributed by atoms with Gasteiger partial charge in [-0.05, 0) is 18.4 Å². The Balaban J connectivity index is 2.69. The lowest BCUT2D eigenvalue weighted by atomic mass is 10.1. The van der Waals surface area contributed by atoms with Gasteiger partial charge < -0.3 is 4.74 Å². The molecule has 0 saturated carbocycles. The van der Waals surface area contributed by atoms with Crippen molar-refractivity contribution in [2.75, 3.05) is 0 Å². The zero-order valence-electron chi connectivity index (χ0n) is 14.8. The highest BCUT2D eigenvalue weighted by atomic mass is 32.2. The van der Waals surface area contributed by atoms with E-state index in [-0.39, 0.29) is 12.2 Å². The first-order valence-electron chi connectivity index (χ1n) is 8.17. The second-order valence-corrected chi connectivity index (χ2v) is 13.5. The number of hydrogen-bond donors (Lipinski definition) is 0. The molecule has 0 spiro atoms. The fourth-order valence-corrected chi connectivity index (χ4v) is 9.14. The Morgan fingerprint density at radius 1 is 1.19 bits per heavy atom. The number of esters is 1. The van der Waals surface area contributed by atoms with Crippen molar-refractivity contribution in [1.29, 1.82) is 0 Å². The van der Waals surface area contributed by atoms with Crippen LogP contribution in [0.2, 0.25) is 18.6 Å². The van der Waals surface area contributed by atoms with Gasteiger partial charge in [-0.3, -0.25) is 4.79 Å². The normalized spacial score (nSPS) is 19.4. The molecule has 0 radical (unpaired) electrons. The van der Waals surface area contributed by atoms with Gasteiger partial charge in [-0.2, -0.15) is 13.2 Å². The van der Waals surface area contributed by atoms with Gasteiger partial charge >= 0.3 is 11.5 Å². The molecule has 1 aromatic rings. The molecule has 144 valence electrons. The summed E-state index contributed by atoms with van der Waals surface area (Å²) in [5.41, 5.74) is -6.26. The van der Waals surface area contributed by atoms with Crippen LogP contribution in [0.15, 0.2) is 41.0 Å². The maximum absolute atomic E-state index is 13.3. The first-order valence-corrected chi connectivity index (χ1v) is 12.7. The predicted octanol–water partition coefficient (Wildman–Crippen LogP) is 3.87. The van der Waals surface area contributed by atoms with Gasteiger partial charge in [0.05, 0.1) is 13.0 Å². The van der Waals surface area contributed by atoms with Gasteiger partial charge in [-0.15, -0.1) is 0 Å². The zero-order chi connectivity index (χ0) is 19.8. The third-order valence-electron chi connectivity index (χ3n) is 4.74. The molecule has 0 aliphatic heterocycles. The SMILES string of the molecule is CC(=O)OC1=C(S(=O)(=O)C(F)(F)F)C([Si](C)(C)c2ccccc2)CCC1. The van der Waals surface area contributed by atoms with Crippen molar-refractivity contribution < 1.29 is 31.1 Å². The van der Waals surface area contributed by atoms with E-state index in [2.05, 4.69) is 0 Å². The van der Waals surface area contributed by atoms with Crippen molar-refractivity contribution in [3.63, 3.8) is 0 Å². The van der Waals surface area contributed by atoms with E-state index in [1.165, 1.54) is 0 Å². The van der Waals surface area contributed by atoms with E-state index < -0.39 is 39.8 Å². The molecule has 1 unspecified atom stereocenters. The Morgan fingerprint density at radius 3 is 2.27 bits per heavy atom. The van der Waals surface area contributed by atoms with E-state index in [9.17, 15) is 26.4 Å². The average Bonchev–Trinajstić information content (AvgIpc) is 2.53. The van der Waals surface area contributed by atoms with Gasteiger partial charge in [0, 0.05) is 13.3 Å². The summed E-state index contributed by atoms with van der Waals surface area (Å²) in [4.78, 5) is 10.6. The largest absolute Gasteiger partial charge is 0.501 e. The standard InChI is InChI=1S/C17H21F3O4SSi/c1-12(21)24-14-10-7-11-15(16(14)25(22,23)17(18,19)20)26(2,3)13-8-5-4-6-9-13/h4-6,8-9,15H,7,10-11H2,1-3H3. The molecule has 0 saturated heterocycles. The number of carbonyl (C=O) groups excluding carboxylic acids is 1. The van der Waals surface area contributed by atoms with Gasteiger partial charge in [-0.25, -0.2) is 8.42 Å². The van der Waals surface area contributed by atoms with E-state index in [0.717, 1.165) is 12.1 Å². The van der Waals surface area contributed by atoms with E-state index >= 15 is 0 Å². The summed E-state index contributed by atoms with van der Waals surface area (Å²) in [5, 5.41) is 0.851. The van der Waals surface area contributed by atoms with E-state index in [0.29, 0.717) is 12.8 Å². The molecule has 26 heavy (non-hydrogen) atoms. The molecular weight excluding hydrogens is 385 g/mol. The summed E-state index contributed by atoms with van der Waals surface area (Å²) in [6.45, 7) is 4.74. The van der Waals surface area contributed by atoms with Gasteiger partial charge in [0.1, 0.15) is 5.76 Å². The fraction of sp³-hybridized carbons (Fsp3) is 0.471. The van der Waals surface area contributed by atoms with Gasteiger partial charge in [0.2, 0.25) is 0 Å². The van der Waals surface area contributed by atoms with Crippen LogP contribution in [0.3, 0.4) is 0 Å². The number of alkyl halides is 3. The van der Waals surface area contributed by atoms with E-state index in [1.807, 2.05) is 25.2 Å². The first kappa shape index (κ1) is 20.7. The molecule has 1 atom stereocenters. The summed E-state index contributed by atoms with van der Waals surface area (Å²) in [6, 6.07) is 8.97. The van der Waals surface area contributed by atoms with E-state index in [1.54, 1.807) is 18.2 Å². The number of benzene rings is 1. The number of allylic oxidation sites excluding steroid dienone is 2. The van der Waals surface area contributed by atoms with Crippen LogP contribution in [0.5, 0.6) is 0 Å². The second-order valence-electron chi connectivity index (χ2n) is 6.86. The number of hydrogen-bond acceptors (Lipinski definition) is 4. The van der Waals surface area contributed by atoms with Crippen molar-refractivity contribution in [3.05, 3.63) is 41.0 Å². The smallest absolute Gasteiger partial charge is 0.430 e. The number of halogens is 3. The van der Waals surface area contributed by atoms with Gasteiger partial charge in [0.25, 0.3) is 9.84 Å². The highest BCUT2D eigenvalue weighted by Crippen LogP contribution is 2.48. The molecular formula is C17H21F3O4SSi. The lowest BCUT2D eigenvalue weighted by molar-refractivity contribution is -0.137. The summed E-state index contributed by atoms with van der Waals surface area (Å²) in [6.07, 6.45) is 0.775. The predicted molar refractivity (Wildman–Crippen MR) is 94.9 cm³/mol. The molecule has 1 aliphatic rings. The minimum absolute atomic E-state index is 0.00000693. The highest BCUT2D eigenvalue weighted by Gasteiger charge is 2.55.